The second kappa shape index (κ2) is 10.1. The lowest BCUT2D eigenvalue weighted by molar-refractivity contribution is 0.0914. The summed E-state index contributed by atoms with van der Waals surface area (Å²) in [6.07, 6.45) is 2.25. The first-order valence-corrected chi connectivity index (χ1v) is 12.2. The third kappa shape index (κ3) is 5.49. The SMILES string of the molecule is Cc1ccc(CN(Cc2cc3c(C)cc(C)cc3[nH]c2=O)Cc2nnnn2CC2CCCO2)cc1. The molecule has 1 fully saturated rings. The minimum atomic E-state index is -0.0599. The molecular formula is C27H32N6O2. The minimum Gasteiger partial charge on any atom is -0.376 e. The number of tetrazole rings is 1. The van der Waals surface area contributed by atoms with Crippen LogP contribution in [0.2, 0.25) is 0 Å². The van der Waals surface area contributed by atoms with Crippen LogP contribution in [0.3, 0.4) is 0 Å². The number of rotatable bonds is 8. The van der Waals surface area contributed by atoms with E-state index in [-0.39, 0.29) is 11.7 Å². The quantitative estimate of drug-likeness (QED) is 0.419. The third-order valence-corrected chi connectivity index (χ3v) is 6.68. The minimum absolute atomic E-state index is 0.0599. The van der Waals surface area contributed by atoms with E-state index in [1.54, 1.807) is 0 Å². The van der Waals surface area contributed by atoms with Gasteiger partial charge in [-0.05, 0) is 72.9 Å². The number of pyridine rings is 1. The molecule has 1 aliphatic heterocycles. The van der Waals surface area contributed by atoms with Crippen LogP contribution in [0.4, 0.5) is 0 Å². The van der Waals surface area contributed by atoms with E-state index < -0.39 is 0 Å². The topological polar surface area (TPSA) is 88.9 Å². The number of ether oxygens (including phenoxy) is 1. The molecule has 0 spiro atoms. The van der Waals surface area contributed by atoms with E-state index in [0.717, 1.165) is 52.9 Å². The maximum absolute atomic E-state index is 13.0. The van der Waals surface area contributed by atoms with Gasteiger partial charge in [0.2, 0.25) is 0 Å². The lowest BCUT2D eigenvalue weighted by atomic mass is 10.0. The molecule has 8 heteroatoms. The Morgan fingerprint density at radius 2 is 1.89 bits per heavy atom. The molecule has 0 bridgehead atoms. The number of fused-ring (bicyclic) bond motifs is 1. The second-order valence-electron chi connectivity index (χ2n) is 9.71. The molecule has 1 aliphatic rings. The van der Waals surface area contributed by atoms with Crippen molar-refractivity contribution in [1.29, 1.82) is 0 Å². The van der Waals surface area contributed by atoms with E-state index in [0.29, 0.717) is 26.2 Å². The Hall–Kier alpha value is -3.36. The Balaban J connectivity index is 1.44. The summed E-state index contributed by atoms with van der Waals surface area (Å²) in [6.45, 7) is 9.35. The number of benzene rings is 2. The standard InChI is InChI=1S/C27H32N6O2/c1-18-6-8-21(9-7-18)14-32(17-26-29-30-31-33(26)16-23-5-4-10-35-23)15-22-13-24-20(3)11-19(2)12-25(24)28-27(22)34/h6-9,11-13,23H,4-5,10,14-17H2,1-3H3,(H,28,34). The molecule has 3 heterocycles. The maximum atomic E-state index is 13.0. The first-order chi connectivity index (χ1) is 16.9. The van der Waals surface area contributed by atoms with Crippen molar-refractivity contribution in [3.63, 3.8) is 0 Å². The molecule has 1 unspecified atom stereocenters. The number of nitrogens with one attached hydrogen (secondary N) is 1. The largest absolute Gasteiger partial charge is 0.376 e. The first-order valence-electron chi connectivity index (χ1n) is 12.2. The van der Waals surface area contributed by atoms with Gasteiger partial charge in [-0.25, -0.2) is 4.68 Å². The summed E-state index contributed by atoms with van der Waals surface area (Å²) in [4.78, 5) is 18.4. The van der Waals surface area contributed by atoms with Gasteiger partial charge in [-0.3, -0.25) is 9.69 Å². The summed E-state index contributed by atoms with van der Waals surface area (Å²) in [7, 11) is 0. The van der Waals surface area contributed by atoms with Crippen molar-refractivity contribution in [2.75, 3.05) is 6.61 Å². The summed E-state index contributed by atoms with van der Waals surface area (Å²) in [5.74, 6) is 0.775. The summed E-state index contributed by atoms with van der Waals surface area (Å²) >= 11 is 0. The van der Waals surface area contributed by atoms with Crippen LogP contribution in [0.1, 0.15) is 46.5 Å². The molecule has 0 radical (unpaired) electrons. The third-order valence-electron chi connectivity index (χ3n) is 6.68. The van der Waals surface area contributed by atoms with E-state index in [1.165, 1.54) is 11.1 Å². The number of hydrogen-bond donors (Lipinski definition) is 1. The Morgan fingerprint density at radius 3 is 2.66 bits per heavy atom. The Bertz CT molecular complexity index is 1370. The van der Waals surface area contributed by atoms with E-state index in [4.69, 9.17) is 4.74 Å². The highest BCUT2D eigenvalue weighted by atomic mass is 16.5. The molecule has 4 aromatic rings. The highest BCUT2D eigenvalue weighted by molar-refractivity contribution is 5.83. The Labute approximate surface area is 204 Å². The van der Waals surface area contributed by atoms with E-state index in [9.17, 15) is 4.79 Å². The number of nitrogens with zero attached hydrogens (tertiary/aromatic N) is 5. The molecule has 5 rings (SSSR count). The average Bonchev–Trinajstić information content (AvgIpc) is 3.49. The molecule has 2 aromatic heterocycles. The molecule has 2 aromatic carbocycles. The van der Waals surface area contributed by atoms with Gasteiger partial charge in [0.15, 0.2) is 5.82 Å². The van der Waals surface area contributed by atoms with Gasteiger partial charge in [-0.1, -0.05) is 35.9 Å². The molecule has 35 heavy (non-hydrogen) atoms. The second-order valence-corrected chi connectivity index (χ2v) is 9.71. The first kappa shape index (κ1) is 23.4. The highest BCUT2D eigenvalue weighted by Gasteiger charge is 2.21. The monoisotopic (exact) mass is 472 g/mol. The average molecular weight is 473 g/mol. The number of hydrogen-bond acceptors (Lipinski definition) is 6. The lowest BCUT2D eigenvalue weighted by Gasteiger charge is -2.22. The van der Waals surface area contributed by atoms with E-state index >= 15 is 0 Å². The van der Waals surface area contributed by atoms with Crippen molar-refractivity contribution in [3.05, 3.63) is 86.5 Å². The number of aromatic nitrogens is 5. The van der Waals surface area contributed by atoms with Gasteiger partial charge in [0, 0.05) is 36.2 Å². The molecule has 1 atom stereocenters. The van der Waals surface area contributed by atoms with Crippen molar-refractivity contribution < 1.29 is 4.74 Å². The van der Waals surface area contributed by atoms with Gasteiger partial charge in [-0.2, -0.15) is 0 Å². The van der Waals surface area contributed by atoms with Crippen LogP contribution in [-0.4, -0.2) is 42.8 Å². The highest BCUT2D eigenvalue weighted by Crippen LogP contribution is 2.20. The van der Waals surface area contributed by atoms with Crippen LogP contribution in [-0.2, 0) is 30.9 Å². The van der Waals surface area contributed by atoms with Crippen molar-refractivity contribution in [2.24, 2.45) is 0 Å². The fourth-order valence-corrected chi connectivity index (χ4v) is 4.85. The summed E-state index contributed by atoms with van der Waals surface area (Å²) < 4.78 is 7.63. The van der Waals surface area contributed by atoms with Crippen LogP contribution in [0, 0.1) is 20.8 Å². The zero-order valence-electron chi connectivity index (χ0n) is 20.6. The predicted molar refractivity (Wildman–Crippen MR) is 135 cm³/mol. The van der Waals surface area contributed by atoms with E-state index in [2.05, 4.69) is 69.6 Å². The molecule has 1 N–H and O–H groups in total. The zero-order valence-corrected chi connectivity index (χ0v) is 20.6. The summed E-state index contributed by atoms with van der Waals surface area (Å²) in [6, 6.07) is 14.7. The van der Waals surface area contributed by atoms with Gasteiger partial charge in [-0.15, -0.1) is 5.10 Å². The van der Waals surface area contributed by atoms with Gasteiger partial charge in [0.25, 0.3) is 5.56 Å². The van der Waals surface area contributed by atoms with Crippen LogP contribution >= 0.6 is 0 Å². The lowest BCUT2D eigenvalue weighted by Crippen LogP contribution is -2.29. The zero-order chi connectivity index (χ0) is 24.4. The van der Waals surface area contributed by atoms with Gasteiger partial charge >= 0.3 is 0 Å². The Morgan fingerprint density at radius 1 is 1.06 bits per heavy atom. The van der Waals surface area contributed by atoms with Crippen LogP contribution in [0.5, 0.6) is 0 Å². The van der Waals surface area contributed by atoms with Crippen molar-refractivity contribution in [3.8, 4) is 0 Å². The number of H-pyrrole nitrogens is 1. The maximum Gasteiger partial charge on any atom is 0.252 e. The van der Waals surface area contributed by atoms with Gasteiger partial charge in [0.1, 0.15) is 0 Å². The predicted octanol–water partition coefficient (Wildman–Crippen LogP) is 3.82. The molecule has 1 saturated heterocycles. The Kier molecular flexibility index (Phi) is 6.74. The normalized spacial score (nSPS) is 15.9. The fourth-order valence-electron chi connectivity index (χ4n) is 4.85. The van der Waals surface area contributed by atoms with E-state index in [1.807, 2.05) is 23.7 Å². The number of aryl methyl sites for hydroxylation is 3. The van der Waals surface area contributed by atoms with Gasteiger partial charge < -0.3 is 9.72 Å². The molecule has 182 valence electrons. The summed E-state index contributed by atoms with van der Waals surface area (Å²) in [5.41, 5.74) is 6.24. The fraction of sp³-hybridized carbons (Fsp3) is 0.407. The molecule has 0 saturated carbocycles. The molecule has 0 aliphatic carbocycles. The summed E-state index contributed by atoms with van der Waals surface area (Å²) in [5, 5.41) is 13.5. The van der Waals surface area contributed by atoms with Crippen LogP contribution in [0.25, 0.3) is 10.9 Å². The van der Waals surface area contributed by atoms with Gasteiger partial charge in [0.05, 0.1) is 19.2 Å². The van der Waals surface area contributed by atoms with Crippen LogP contribution in [0.15, 0.2) is 47.3 Å². The molecular weight excluding hydrogens is 440 g/mol. The number of aromatic amines is 1. The molecule has 0 amide bonds. The van der Waals surface area contributed by atoms with Crippen LogP contribution < -0.4 is 5.56 Å². The van der Waals surface area contributed by atoms with Crippen molar-refractivity contribution in [1.82, 2.24) is 30.1 Å². The van der Waals surface area contributed by atoms with Crippen molar-refractivity contribution in [2.45, 2.75) is 65.9 Å². The van der Waals surface area contributed by atoms with Crippen molar-refractivity contribution >= 4 is 10.9 Å². The smallest absolute Gasteiger partial charge is 0.252 e. The molecule has 8 nitrogen and oxygen atoms in total.